The van der Waals surface area contributed by atoms with Gasteiger partial charge in [0.05, 0.1) is 0 Å². The van der Waals surface area contributed by atoms with Gasteiger partial charge < -0.3 is 10.6 Å². The Bertz CT molecular complexity index is 517. The number of anilines is 2. The molecule has 2 aliphatic rings. The Hall–Kier alpha value is -1.54. The first-order valence-electron chi connectivity index (χ1n) is 6.71. The molecular formula is C13H16ClN5. The van der Waals surface area contributed by atoms with Crippen LogP contribution in [0.1, 0.15) is 31.2 Å². The van der Waals surface area contributed by atoms with Crippen LogP contribution in [-0.2, 0) is 0 Å². The van der Waals surface area contributed by atoms with Gasteiger partial charge in [-0.05, 0) is 37.5 Å². The zero-order valence-corrected chi connectivity index (χ0v) is 11.4. The van der Waals surface area contributed by atoms with Gasteiger partial charge >= 0.3 is 0 Å². The van der Waals surface area contributed by atoms with Gasteiger partial charge in [0, 0.05) is 13.1 Å². The number of nitrogens with zero attached hydrogens (tertiary/aromatic N) is 3. The summed E-state index contributed by atoms with van der Waals surface area (Å²) in [5.74, 6) is 2.51. The first-order chi connectivity index (χ1) is 9.26. The summed E-state index contributed by atoms with van der Waals surface area (Å²) >= 11 is 6.04. The third kappa shape index (κ3) is 3.27. The Morgan fingerprint density at radius 3 is 2.32 bits per heavy atom. The van der Waals surface area contributed by atoms with Crippen LogP contribution in [-0.4, -0.2) is 23.1 Å². The lowest BCUT2D eigenvalue weighted by Gasteiger charge is -2.10. The average Bonchev–Trinajstić information content (AvgIpc) is 3.28. The predicted molar refractivity (Wildman–Crippen MR) is 74.2 cm³/mol. The third-order valence-electron chi connectivity index (χ3n) is 3.48. The quantitative estimate of drug-likeness (QED) is 0.782. The molecule has 2 aliphatic carbocycles. The van der Waals surface area contributed by atoms with Gasteiger partial charge in [-0.25, -0.2) is 0 Å². The Labute approximate surface area is 117 Å². The first kappa shape index (κ1) is 12.5. The van der Waals surface area contributed by atoms with E-state index in [-0.39, 0.29) is 5.15 Å². The van der Waals surface area contributed by atoms with Gasteiger partial charge in [-0.3, -0.25) is 0 Å². The van der Waals surface area contributed by atoms with Crippen LogP contribution in [0.5, 0.6) is 0 Å². The molecule has 6 heteroatoms. The van der Waals surface area contributed by atoms with Crippen molar-refractivity contribution in [3.05, 3.63) is 10.7 Å². The average molecular weight is 278 g/mol. The van der Waals surface area contributed by atoms with Crippen LogP contribution in [0.2, 0.25) is 5.15 Å². The van der Waals surface area contributed by atoms with E-state index < -0.39 is 0 Å². The Morgan fingerprint density at radius 1 is 1.11 bits per heavy atom. The standard InChI is InChI=1S/C13H16ClN5/c14-11-10(5-15)12(16-6-8-1-2-8)19-13(18-11)17-7-9-3-4-9/h8-9H,1-4,6-7H2,(H2,16,17,18,19). The summed E-state index contributed by atoms with van der Waals surface area (Å²) in [6.07, 6.45) is 5.04. The van der Waals surface area contributed by atoms with Crippen LogP contribution in [0.25, 0.3) is 0 Å². The molecule has 19 heavy (non-hydrogen) atoms. The molecule has 2 N–H and O–H groups in total. The molecular weight excluding hydrogens is 262 g/mol. The van der Waals surface area contributed by atoms with Crippen molar-refractivity contribution in [3.8, 4) is 6.07 Å². The van der Waals surface area contributed by atoms with Crippen molar-refractivity contribution in [1.82, 2.24) is 9.97 Å². The molecule has 0 radical (unpaired) electrons. The Balaban J connectivity index is 1.74. The number of hydrogen-bond donors (Lipinski definition) is 2. The lowest BCUT2D eigenvalue weighted by atomic mass is 10.3. The molecule has 0 aliphatic heterocycles. The topological polar surface area (TPSA) is 73.6 Å². The molecule has 5 nitrogen and oxygen atoms in total. The lowest BCUT2D eigenvalue weighted by molar-refractivity contribution is 0.864. The fraction of sp³-hybridized carbons (Fsp3) is 0.615. The molecule has 2 saturated carbocycles. The predicted octanol–water partition coefficient (Wildman–Crippen LogP) is 2.65. The van der Waals surface area contributed by atoms with Gasteiger partial charge in [0.25, 0.3) is 0 Å². The maximum absolute atomic E-state index is 9.12. The van der Waals surface area contributed by atoms with Gasteiger partial charge in [-0.2, -0.15) is 15.2 Å². The van der Waals surface area contributed by atoms with Crippen molar-refractivity contribution in [2.24, 2.45) is 11.8 Å². The minimum atomic E-state index is 0.217. The monoisotopic (exact) mass is 277 g/mol. The molecule has 100 valence electrons. The maximum atomic E-state index is 9.12. The molecule has 0 amide bonds. The summed E-state index contributed by atoms with van der Waals surface area (Å²) < 4.78 is 0. The molecule has 2 fully saturated rings. The van der Waals surface area contributed by atoms with E-state index in [1.165, 1.54) is 25.7 Å². The number of hydrogen-bond acceptors (Lipinski definition) is 5. The summed E-state index contributed by atoms with van der Waals surface area (Å²) in [6.45, 7) is 1.73. The zero-order valence-electron chi connectivity index (χ0n) is 10.6. The van der Waals surface area contributed by atoms with Gasteiger partial charge in [-0.15, -0.1) is 0 Å². The molecule has 0 atom stereocenters. The van der Waals surface area contributed by atoms with Crippen LogP contribution in [0, 0.1) is 23.2 Å². The highest BCUT2D eigenvalue weighted by Crippen LogP contribution is 2.31. The number of halogens is 1. The zero-order chi connectivity index (χ0) is 13.2. The van der Waals surface area contributed by atoms with E-state index >= 15 is 0 Å². The normalized spacial score (nSPS) is 17.9. The second-order valence-electron chi connectivity index (χ2n) is 5.32. The fourth-order valence-electron chi connectivity index (χ4n) is 1.86. The van der Waals surface area contributed by atoms with Crippen LogP contribution in [0.4, 0.5) is 11.8 Å². The molecule has 0 unspecified atom stereocenters. The molecule has 1 aromatic rings. The first-order valence-corrected chi connectivity index (χ1v) is 7.09. The van der Waals surface area contributed by atoms with E-state index in [4.69, 9.17) is 16.9 Å². The number of rotatable bonds is 6. The van der Waals surface area contributed by atoms with E-state index in [2.05, 4.69) is 26.7 Å². The van der Waals surface area contributed by atoms with Crippen molar-refractivity contribution in [1.29, 1.82) is 5.26 Å². The van der Waals surface area contributed by atoms with E-state index in [1.54, 1.807) is 0 Å². The van der Waals surface area contributed by atoms with Gasteiger partial charge in [-0.1, -0.05) is 11.6 Å². The van der Waals surface area contributed by atoms with Gasteiger partial charge in [0.2, 0.25) is 5.95 Å². The molecule has 1 heterocycles. The second kappa shape index (κ2) is 5.22. The van der Waals surface area contributed by atoms with E-state index in [0.717, 1.165) is 19.0 Å². The molecule has 0 aromatic carbocycles. The fourth-order valence-corrected chi connectivity index (χ4v) is 2.07. The van der Waals surface area contributed by atoms with Crippen molar-refractivity contribution >= 4 is 23.4 Å². The van der Waals surface area contributed by atoms with Gasteiger partial charge in [0.1, 0.15) is 11.6 Å². The molecule has 0 spiro atoms. The maximum Gasteiger partial charge on any atom is 0.226 e. The Kier molecular flexibility index (Phi) is 3.43. The highest BCUT2D eigenvalue weighted by Gasteiger charge is 2.23. The van der Waals surface area contributed by atoms with Crippen molar-refractivity contribution in [2.75, 3.05) is 23.7 Å². The van der Waals surface area contributed by atoms with Gasteiger partial charge in [0.15, 0.2) is 11.0 Å². The highest BCUT2D eigenvalue weighted by molar-refractivity contribution is 6.31. The van der Waals surface area contributed by atoms with Crippen LogP contribution in [0.3, 0.4) is 0 Å². The molecule has 3 rings (SSSR count). The summed E-state index contributed by atoms with van der Waals surface area (Å²) in [4.78, 5) is 8.49. The summed E-state index contributed by atoms with van der Waals surface area (Å²) in [6, 6.07) is 2.07. The minimum Gasteiger partial charge on any atom is -0.368 e. The SMILES string of the molecule is N#Cc1c(Cl)nc(NCC2CC2)nc1NCC1CC1. The van der Waals surface area contributed by atoms with Crippen molar-refractivity contribution < 1.29 is 0 Å². The smallest absolute Gasteiger partial charge is 0.226 e. The highest BCUT2D eigenvalue weighted by atomic mass is 35.5. The largest absolute Gasteiger partial charge is 0.368 e. The Morgan fingerprint density at radius 2 is 1.74 bits per heavy atom. The van der Waals surface area contributed by atoms with Crippen LogP contribution in [0.15, 0.2) is 0 Å². The number of aromatic nitrogens is 2. The minimum absolute atomic E-state index is 0.217. The third-order valence-corrected chi connectivity index (χ3v) is 3.75. The number of nitrogens with one attached hydrogen (secondary N) is 2. The van der Waals surface area contributed by atoms with E-state index in [1.807, 2.05) is 0 Å². The van der Waals surface area contributed by atoms with Crippen LogP contribution >= 0.6 is 11.6 Å². The molecule has 1 aromatic heterocycles. The summed E-state index contributed by atoms with van der Waals surface area (Å²) in [7, 11) is 0. The van der Waals surface area contributed by atoms with Crippen molar-refractivity contribution in [3.63, 3.8) is 0 Å². The summed E-state index contributed by atoms with van der Waals surface area (Å²) in [5, 5.41) is 15.7. The number of nitriles is 1. The van der Waals surface area contributed by atoms with E-state index in [0.29, 0.717) is 23.2 Å². The molecule has 0 bridgehead atoms. The summed E-state index contributed by atoms with van der Waals surface area (Å²) in [5.41, 5.74) is 0.333. The van der Waals surface area contributed by atoms with Crippen LogP contribution < -0.4 is 10.6 Å². The molecule has 0 saturated heterocycles. The lowest BCUT2D eigenvalue weighted by Crippen LogP contribution is -2.12. The van der Waals surface area contributed by atoms with E-state index in [9.17, 15) is 0 Å². The second-order valence-corrected chi connectivity index (χ2v) is 5.68. The van der Waals surface area contributed by atoms with Crippen molar-refractivity contribution in [2.45, 2.75) is 25.7 Å².